The maximum atomic E-state index is 5.49. The first kappa shape index (κ1) is 11.2. The van der Waals surface area contributed by atoms with Crippen molar-refractivity contribution in [2.24, 2.45) is 0 Å². The molecular formula is C9H15ClN4. The lowest BCUT2D eigenvalue weighted by atomic mass is 10.5. The topological polar surface area (TPSA) is 42.7 Å². The third-order valence-corrected chi connectivity index (χ3v) is 2.02. The van der Waals surface area contributed by atoms with E-state index in [1.807, 2.05) is 16.7 Å². The molecule has 0 atom stereocenters. The highest BCUT2D eigenvalue weighted by atomic mass is 35.5. The summed E-state index contributed by atoms with van der Waals surface area (Å²) in [7, 11) is 0. The number of allylic oxidation sites excluding steroid dienone is 1. The van der Waals surface area contributed by atoms with Gasteiger partial charge in [0.15, 0.2) is 0 Å². The number of aromatic nitrogens is 3. The summed E-state index contributed by atoms with van der Waals surface area (Å²) in [5, 5.41) is 11.1. The molecule has 4 nitrogen and oxygen atoms in total. The van der Waals surface area contributed by atoms with Gasteiger partial charge in [-0.1, -0.05) is 12.2 Å². The Bertz CT molecular complexity index is 282. The number of alkyl halides is 1. The Morgan fingerprint density at radius 3 is 3.14 bits per heavy atom. The van der Waals surface area contributed by atoms with E-state index < -0.39 is 0 Å². The molecule has 1 aromatic rings. The first-order valence-corrected chi connectivity index (χ1v) is 5.20. The first-order chi connectivity index (χ1) is 6.88. The molecule has 1 heterocycles. The quantitative estimate of drug-likeness (QED) is 0.440. The van der Waals surface area contributed by atoms with Gasteiger partial charge in [0.1, 0.15) is 12.2 Å². The van der Waals surface area contributed by atoms with Crippen LogP contribution in [-0.4, -0.2) is 27.2 Å². The SMILES string of the molecule is CCn1cnnc1CNC/C=C/CCl. The molecule has 0 aliphatic carbocycles. The molecule has 0 radical (unpaired) electrons. The maximum Gasteiger partial charge on any atom is 0.146 e. The standard InChI is InChI=1S/C9H15ClN4/c1-2-14-8-12-13-9(14)7-11-6-4-3-5-10/h3-4,8,11H,2,5-7H2,1H3/b4-3+. The van der Waals surface area contributed by atoms with Crippen LogP contribution in [0.2, 0.25) is 0 Å². The predicted octanol–water partition coefficient (Wildman–Crippen LogP) is 1.18. The summed E-state index contributed by atoms with van der Waals surface area (Å²) < 4.78 is 2.01. The first-order valence-electron chi connectivity index (χ1n) is 4.66. The summed E-state index contributed by atoms with van der Waals surface area (Å²) in [6.45, 7) is 4.52. The molecule has 0 saturated carbocycles. The van der Waals surface area contributed by atoms with Crippen molar-refractivity contribution in [3.63, 3.8) is 0 Å². The van der Waals surface area contributed by atoms with Crippen LogP contribution in [0.4, 0.5) is 0 Å². The van der Waals surface area contributed by atoms with Crippen molar-refractivity contribution in [1.29, 1.82) is 0 Å². The van der Waals surface area contributed by atoms with Gasteiger partial charge in [-0.05, 0) is 6.92 Å². The van der Waals surface area contributed by atoms with Crippen LogP contribution in [0.15, 0.2) is 18.5 Å². The fourth-order valence-corrected chi connectivity index (χ4v) is 1.22. The molecular weight excluding hydrogens is 200 g/mol. The Kier molecular flexibility index (Phi) is 5.25. The third-order valence-electron chi connectivity index (χ3n) is 1.84. The van der Waals surface area contributed by atoms with Crippen molar-refractivity contribution in [2.45, 2.75) is 20.0 Å². The van der Waals surface area contributed by atoms with Crippen molar-refractivity contribution in [1.82, 2.24) is 20.1 Å². The third kappa shape index (κ3) is 3.47. The van der Waals surface area contributed by atoms with Crippen LogP contribution >= 0.6 is 11.6 Å². The molecule has 0 amide bonds. The van der Waals surface area contributed by atoms with Crippen LogP contribution in [0.3, 0.4) is 0 Å². The van der Waals surface area contributed by atoms with Crippen molar-refractivity contribution in [3.05, 3.63) is 24.3 Å². The van der Waals surface area contributed by atoms with E-state index in [1.54, 1.807) is 6.33 Å². The minimum atomic E-state index is 0.562. The Morgan fingerprint density at radius 2 is 2.43 bits per heavy atom. The van der Waals surface area contributed by atoms with Crippen LogP contribution in [0.25, 0.3) is 0 Å². The van der Waals surface area contributed by atoms with E-state index in [-0.39, 0.29) is 0 Å². The number of nitrogens with one attached hydrogen (secondary N) is 1. The lowest BCUT2D eigenvalue weighted by molar-refractivity contribution is 0.640. The van der Waals surface area contributed by atoms with Crippen LogP contribution in [0.1, 0.15) is 12.7 Å². The summed E-state index contributed by atoms with van der Waals surface area (Å²) in [4.78, 5) is 0. The lowest BCUT2D eigenvalue weighted by Crippen LogP contribution is -2.16. The Hall–Kier alpha value is -0.870. The van der Waals surface area contributed by atoms with Gasteiger partial charge in [0.25, 0.3) is 0 Å². The minimum absolute atomic E-state index is 0.562. The van der Waals surface area contributed by atoms with Gasteiger partial charge in [-0.2, -0.15) is 0 Å². The highest BCUT2D eigenvalue weighted by molar-refractivity contribution is 6.18. The Labute approximate surface area is 89.0 Å². The van der Waals surface area contributed by atoms with Crippen molar-refractivity contribution >= 4 is 11.6 Å². The van der Waals surface area contributed by atoms with Crippen LogP contribution in [0.5, 0.6) is 0 Å². The zero-order valence-corrected chi connectivity index (χ0v) is 9.04. The summed E-state index contributed by atoms with van der Waals surface area (Å²) in [6.07, 6.45) is 5.66. The number of halogens is 1. The van der Waals surface area contributed by atoms with E-state index in [0.717, 1.165) is 25.5 Å². The molecule has 1 rings (SSSR count). The maximum absolute atomic E-state index is 5.49. The van der Waals surface area contributed by atoms with Crippen LogP contribution in [0, 0.1) is 0 Å². The van der Waals surface area contributed by atoms with E-state index >= 15 is 0 Å². The Morgan fingerprint density at radius 1 is 1.57 bits per heavy atom. The van der Waals surface area contributed by atoms with Gasteiger partial charge in [0.2, 0.25) is 0 Å². The van der Waals surface area contributed by atoms with E-state index in [0.29, 0.717) is 5.88 Å². The molecule has 0 bridgehead atoms. The molecule has 0 aliphatic rings. The highest BCUT2D eigenvalue weighted by Crippen LogP contribution is 1.93. The zero-order valence-electron chi connectivity index (χ0n) is 8.28. The number of aryl methyl sites for hydroxylation is 1. The Balaban J connectivity index is 2.27. The smallest absolute Gasteiger partial charge is 0.146 e. The van der Waals surface area contributed by atoms with Gasteiger partial charge < -0.3 is 9.88 Å². The zero-order chi connectivity index (χ0) is 10.2. The normalized spacial score (nSPS) is 11.3. The summed E-state index contributed by atoms with van der Waals surface area (Å²) in [6, 6.07) is 0. The molecule has 0 saturated heterocycles. The molecule has 0 unspecified atom stereocenters. The highest BCUT2D eigenvalue weighted by Gasteiger charge is 1.99. The molecule has 0 spiro atoms. The number of hydrogen-bond donors (Lipinski definition) is 1. The average Bonchev–Trinajstić information content (AvgIpc) is 2.65. The van der Waals surface area contributed by atoms with Gasteiger partial charge in [0.05, 0.1) is 6.54 Å². The second kappa shape index (κ2) is 6.56. The van der Waals surface area contributed by atoms with E-state index in [9.17, 15) is 0 Å². The van der Waals surface area contributed by atoms with Gasteiger partial charge in [-0.25, -0.2) is 0 Å². The monoisotopic (exact) mass is 214 g/mol. The number of hydrogen-bond acceptors (Lipinski definition) is 3. The molecule has 5 heteroatoms. The number of nitrogens with zero attached hydrogens (tertiary/aromatic N) is 3. The largest absolute Gasteiger partial charge is 0.317 e. The van der Waals surface area contributed by atoms with Crippen LogP contribution in [-0.2, 0) is 13.1 Å². The van der Waals surface area contributed by atoms with Crippen molar-refractivity contribution in [2.75, 3.05) is 12.4 Å². The summed E-state index contributed by atoms with van der Waals surface area (Å²) in [5.41, 5.74) is 0. The van der Waals surface area contributed by atoms with Gasteiger partial charge >= 0.3 is 0 Å². The summed E-state index contributed by atoms with van der Waals surface area (Å²) >= 11 is 5.49. The summed E-state index contributed by atoms with van der Waals surface area (Å²) in [5.74, 6) is 1.53. The van der Waals surface area contributed by atoms with E-state index in [2.05, 4.69) is 22.4 Å². The fourth-order valence-electron chi connectivity index (χ4n) is 1.09. The van der Waals surface area contributed by atoms with Gasteiger partial charge in [-0.3, -0.25) is 0 Å². The average molecular weight is 215 g/mol. The van der Waals surface area contributed by atoms with Gasteiger partial charge in [-0.15, -0.1) is 21.8 Å². The van der Waals surface area contributed by atoms with E-state index in [4.69, 9.17) is 11.6 Å². The van der Waals surface area contributed by atoms with Gasteiger partial charge in [0, 0.05) is 19.0 Å². The second-order valence-electron chi connectivity index (χ2n) is 2.79. The van der Waals surface area contributed by atoms with Crippen molar-refractivity contribution < 1.29 is 0 Å². The molecule has 1 aromatic heterocycles. The lowest BCUT2D eigenvalue weighted by Gasteiger charge is -2.02. The molecule has 0 fully saturated rings. The predicted molar refractivity (Wildman–Crippen MR) is 57.3 cm³/mol. The van der Waals surface area contributed by atoms with Crippen LogP contribution < -0.4 is 5.32 Å². The molecule has 14 heavy (non-hydrogen) atoms. The molecule has 0 aliphatic heterocycles. The van der Waals surface area contributed by atoms with E-state index in [1.165, 1.54) is 0 Å². The van der Waals surface area contributed by atoms with Crippen molar-refractivity contribution in [3.8, 4) is 0 Å². The molecule has 0 aromatic carbocycles. The second-order valence-corrected chi connectivity index (χ2v) is 3.10. The number of rotatable bonds is 6. The molecule has 1 N–H and O–H groups in total. The minimum Gasteiger partial charge on any atom is -0.317 e. The molecule has 78 valence electrons. The fraction of sp³-hybridized carbons (Fsp3) is 0.556.